The predicted molar refractivity (Wildman–Crippen MR) is 121 cm³/mol. The maximum atomic E-state index is 13.0. The molecule has 1 heterocycles. The molecule has 1 saturated carbocycles. The predicted octanol–water partition coefficient (Wildman–Crippen LogP) is 4.53. The summed E-state index contributed by atoms with van der Waals surface area (Å²) in [6.45, 7) is 0. The number of para-hydroxylation sites is 1. The molecule has 0 aliphatic heterocycles. The Morgan fingerprint density at radius 3 is 2.33 bits per heavy atom. The van der Waals surface area contributed by atoms with Gasteiger partial charge in [-0.3, -0.25) is 9.69 Å². The third-order valence-electron chi connectivity index (χ3n) is 5.74. The number of carbonyl (C=O) groups excluding carboxylic acids is 1. The minimum atomic E-state index is -3.57. The molecule has 4 rings (SSSR count). The number of thiazole rings is 1. The van der Waals surface area contributed by atoms with Gasteiger partial charge in [-0.25, -0.2) is 13.4 Å². The lowest BCUT2D eigenvalue weighted by Gasteiger charge is -2.30. The van der Waals surface area contributed by atoms with E-state index >= 15 is 0 Å². The summed E-state index contributed by atoms with van der Waals surface area (Å²) >= 11 is 1.45. The molecule has 158 valence electrons. The summed E-state index contributed by atoms with van der Waals surface area (Å²) in [7, 11) is -0.233. The fraction of sp³-hybridized carbons (Fsp3) is 0.364. The molecule has 1 aromatic heterocycles. The molecule has 2 aromatic carbocycles. The summed E-state index contributed by atoms with van der Waals surface area (Å²) in [4.78, 5) is 19.1. The Balaban J connectivity index is 1.52. The Bertz CT molecular complexity index is 1120. The summed E-state index contributed by atoms with van der Waals surface area (Å²) in [5, 5.41) is 0.606. The van der Waals surface area contributed by atoms with Gasteiger partial charge < -0.3 is 0 Å². The highest BCUT2D eigenvalue weighted by Crippen LogP contribution is 2.29. The molecule has 6 nitrogen and oxygen atoms in total. The third-order valence-corrected chi connectivity index (χ3v) is 8.78. The van der Waals surface area contributed by atoms with Crippen LogP contribution in [-0.4, -0.2) is 43.8 Å². The summed E-state index contributed by atoms with van der Waals surface area (Å²) in [5.74, 6) is -0.223. The molecule has 0 spiro atoms. The van der Waals surface area contributed by atoms with E-state index in [1.54, 1.807) is 26.2 Å². The van der Waals surface area contributed by atoms with Gasteiger partial charge in [0.15, 0.2) is 5.13 Å². The summed E-state index contributed by atoms with van der Waals surface area (Å²) in [6.07, 6.45) is 5.11. The lowest BCUT2D eigenvalue weighted by molar-refractivity contribution is 0.0993. The van der Waals surface area contributed by atoms with Crippen LogP contribution in [0.3, 0.4) is 0 Å². The zero-order chi connectivity index (χ0) is 21.3. The zero-order valence-corrected chi connectivity index (χ0v) is 18.7. The molecule has 1 aliphatic rings. The van der Waals surface area contributed by atoms with Gasteiger partial charge in [0.05, 0.1) is 15.1 Å². The van der Waals surface area contributed by atoms with E-state index in [0.29, 0.717) is 10.7 Å². The van der Waals surface area contributed by atoms with Crippen LogP contribution in [0.1, 0.15) is 42.5 Å². The average Bonchev–Trinajstić information content (AvgIpc) is 3.22. The molecular formula is C22H25N3O3S2. The number of amides is 1. The molecule has 8 heteroatoms. The maximum Gasteiger partial charge on any atom is 0.259 e. The molecule has 30 heavy (non-hydrogen) atoms. The first-order valence-corrected chi connectivity index (χ1v) is 12.4. The van der Waals surface area contributed by atoms with Crippen molar-refractivity contribution in [2.45, 2.75) is 43.0 Å². The molecule has 1 aliphatic carbocycles. The number of hydrogen-bond donors (Lipinski definition) is 0. The Labute approximate surface area is 181 Å². The normalized spacial score (nSPS) is 15.6. The number of fused-ring (bicyclic) bond motifs is 1. The highest BCUT2D eigenvalue weighted by atomic mass is 32.2. The SMILES string of the molecule is CN(C(=O)c1ccc(S(=O)(=O)N(C)C2CCCCC2)cc1)c1nc2ccccc2s1. The number of aromatic nitrogens is 1. The Kier molecular flexibility index (Phi) is 5.90. The van der Waals surface area contributed by atoms with Gasteiger partial charge in [0.1, 0.15) is 0 Å². The maximum absolute atomic E-state index is 13.0. The minimum Gasteiger partial charge on any atom is -0.287 e. The number of hydrogen-bond acceptors (Lipinski definition) is 5. The molecule has 0 N–H and O–H groups in total. The summed E-state index contributed by atoms with van der Waals surface area (Å²) in [5.41, 5.74) is 1.28. The van der Waals surface area contributed by atoms with Crippen LogP contribution >= 0.6 is 11.3 Å². The van der Waals surface area contributed by atoms with Crippen LogP contribution in [0.2, 0.25) is 0 Å². The molecule has 1 fully saturated rings. The first-order chi connectivity index (χ1) is 14.4. The van der Waals surface area contributed by atoms with Crippen molar-refractivity contribution in [3.05, 3.63) is 54.1 Å². The summed E-state index contributed by atoms with van der Waals surface area (Å²) in [6, 6.07) is 14.0. The quantitative estimate of drug-likeness (QED) is 0.581. The van der Waals surface area contributed by atoms with Crippen molar-refractivity contribution in [3.63, 3.8) is 0 Å². The van der Waals surface area contributed by atoms with Crippen LogP contribution in [0.4, 0.5) is 5.13 Å². The Morgan fingerprint density at radius 1 is 1.00 bits per heavy atom. The van der Waals surface area contributed by atoms with E-state index in [2.05, 4.69) is 4.98 Å². The molecule has 0 atom stereocenters. The van der Waals surface area contributed by atoms with Gasteiger partial charge >= 0.3 is 0 Å². The number of sulfonamides is 1. The van der Waals surface area contributed by atoms with Gasteiger partial charge in [-0.1, -0.05) is 42.7 Å². The summed E-state index contributed by atoms with van der Waals surface area (Å²) < 4.78 is 28.5. The lowest BCUT2D eigenvalue weighted by atomic mass is 9.96. The largest absolute Gasteiger partial charge is 0.287 e. The average molecular weight is 444 g/mol. The van der Waals surface area contributed by atoms with Gasteiger partial charge in [-0.05, 0) is 49.2 Å². The van der Waals surface area contributed by atoms with Crippen LogP contribution in [-0.2, 0) is 10.0 Å². The van der Waals surface area contributed by atoms with E-state index in [1.807, 2.05) is 24.3 Å². The van der Waals surface area contributed by atoms with E-state index in [1.165, 1.54) is 39.1 Å². The van der Waals surface area contributed by atoms with Gasteiger partial charge in [0, 0.05) is 25.7 Å². The van der Waals surface area contributed by atoms with Gasteiger partial charge in [-0.15, -0.1) is 0 Å². The van der Waals surface area contributed by atoms with Crippen LogP contribution < -0.4 is 4.90 Å². The van der Waals surface area contributed by atoms with Gasteiger partial charge in [0.25, 0.3) is 5.91 Å². The smallest absolute Gasteiger partial charge is 0.259 e. The Morgan fingerprint density at radius 2 is 1.67 bits per heavy atom. The highest BCUT2D eigenvalue weighted by Gasteiger charge is 2.29. The first kappa shape index (κ1) is 21.0. The van der Waals surface area contributed by atoms with Crippen LogP contribution in [0, 0.1) is 0 Å². The van der Waals surface area contributed by atoms with E-state index in [-0.39, 0.29) is 16.8 Å². The van der Waals surface area contributed by atoms with E-state index in [9.17, 15) is 13.2 Å². The standard InChI is InChI=1S/C22H25N3O3S2/c1-24(22-23-19-10-6-7-11-20(19)29-22)21(26)16-12-14-18(15-13-16)30(27,28)25(2)17-8-4-3-5-9-17/h6-7,10-15,17H,3-5,8-9H2,1-2H3. The van der Waals surface area contributed by atoms with Crippen molar-refractivity contribution in [2.75, 3.05) is 19.0 Å². The lowest BCUT2D eigenvalue weighted by Crippen LogP contribution is -2.38. The minimum absolute atomic E-state index is 0.0511. The van der Waals surface area contributed by atoms with Crippen molar-refractivity contribution in [2.24, 2.45) is 0 Å². The van der Waals surface area contributed by atoms with Crippen molar-refractivity contribution >= 4 is 42.6 Å². The van der Waals surface area contributed by atoms with Crippen LogP contribution in [0.25, 0.3) is 10.2 Å². The number of anilines is 1. The first-order valence-electron chi connectivity index (χ1n) is 10.1. The number of nitrogens with zero attached hydrogens (tertiary/aromatic N) is 3. The van der Waals surface area contributed by atoms with Crippen LogP contribution in [0.15, 0.2) is 53.4 Å². The monoisotopic (exact) mass is 443 g/mol. The van der Waals surface area contributed by atoms with Crippen molar-refractivity contribution < 1.29 is 13.2 Å². The zero-order valence-electron chi connectivity index (χ0n) is 17.1. The van der Waals surface area contributed by atoms with Crippen LogP contribution in [0.5, 0.6) is 0 Å². The second-order valence-corrected chi connectivity index (χ2v) is 10.7. The highest BCUT2D eigenvalue weighted by molar-refractivity contribution is 7.89. The number of carbonyl (C=O) groups is 1. The Hall–Kier alpha value is -2.29. The molecule has 3 aromatic rings. The second-order valence-electron chi connectivity index (χ2n) is 7.67. The van der Waals surface area contributed by atoms with Crippen molar-refractivity contribution in [3.8, 4) is 0 Å². The van der Waals surface area contributed by atoms with E-state index < -0.39 is 10.0 Å². The molecule has 0 saturated heterocycles. The fourth-order valence-corrected chi connectivity index (χ4v) is 6.20. The van der Waals surface area contributed by atoms with Gasteiger partial charge in [-0.2, -0.15) is 4.31 Å². The topological polar surface area (TPSA) is 70.6 Å². The molecule has 0 bridgehead atoms. The number of rotatable bonds is 5. The fourth-order valence-electron chi connectivity index (χ4n) is 3.86. The molecular weight excluding hydrogens is 418 g/mol. The second kappa shape index (κ2) is 8.45. The number of benzene rings is 2. The van der Waals surface area contributed by atoms with Crippen molar-refractivity contribution in [1.29, 1.82) is 0 Å². The molecule has 0 radical (unpaired) electrons. The van der Waals surface area contributed by atoms with E-state index in [0.717, 1.165) is 35.9 Å². The van der Waals surface area contributed by atoms with Gasteiger partial charge in [0.2, 0.25) is 10.0 Å². The van der Waals surface area contributed by atoms with E-state index in [4.69, 9.17) is 0 Å². The molecule has 1 amide bonds. The molecule has 0 unspecified atom stereocenters. The third kappa shape index (κ3) is 3.99. The van der Waals surface area contributed by atoms with Crippen molar-refractivity contribution in [1.82, 2.24) is 9.29 Å².